The van der Waals surface area contributed by atoms with Crippen LogP contribution in [0, 0.1) is 12.3 Å². The molecule has 0 atom stereocenters. The molecule has 1 aromatic rings. The summed E-state index contributed by atoms with van der Waals surface area (Å²) in [4.78, 5) is 0.266. The number of nitrogens with one attached hydrogen (secondary N) is 2. The Labute approximate surface area is 151 Å². The Morgan fingerprint density at radius 1 is 1.28 bits per heavy atom. The van der Waals surface area contributed by atoms with Gasteiger partial charge < -0.3 is 14.8 Å². The smallest absolute Gasteiger partial charge is 0.240 e. The van der Waals surface area contributed by atoms with Crippen molar-refractivity contribution >= 4 is 10.0 Å². The van der Waals surface area contributed by atoms with Crippen LogP contribution in [0.1, 0.15) is 32.3 Å². The summed E-state index contributed by atoms with van der Waals surface area (Å²) in [6.07, 6.45) is 1.83. The molecule has 1 aliphatic heterocycles. The second-order valence-electron chi connectivity index (χ2n) is 7.10. The maximum Gasteiger partial charge on any atom is 0.240 e. The minimum Gasteiger partial charge on any atom is -0.491 e. The first-order valence-corrected chi connectivity index (χ1v) is 10.2. The molecule has 0 aromatic heterocycles. The van der Waals surface area contributed by atoms with Gasteiger partial charge in [-0.2, -0.15) is 0 Å². The number of sulfonamides is 1. The van der Waals surface area contributed by atoms with Gasteiger partial charge in [-0.25, -0.2) is 13.1 Å². The molecule has 2 rings (SSSR count). The predicted molar refractivity (Wildman–Crippen MR) is 98.5 cm³/mol. The van der Waals surface area contributed by atoms with E-state index in [9.17, 15) is 8.42 Å². The van der Waals surface area contributed by atoms with Gasteiger partial charge in [0, 0.05) is 19.1 Å². The lowest BCUT2D eigenvalue weighted by atomic mass is 9.80. The van der Waals surface area contributed by atoms with E-state index < -0.39 is 10.0 Å². The minimum atomic E-state index is -3.57. The summed E-state index contributed by atoms with van der Waals surface area (Å²) < 4.78 is 39.2. The monoisotopic (exact) mass is 370 g/mol. The maximum atomic E-state index is 12.7. The van der Waals surface area contributed by atoms with Crippen LogP contribution in [0.5, 0.6) is 5.75 Å². The van der Waals surface area contributed by atoms with Crippen molar-refractivity contribution < 1.29 is 17.9 Å². The van der Waals surface area contributed by atoms with Crippen molar-refractivity contribution in [2.75, 3.05) is 33.4 Å². The van der Waals surface area contributed by atoms with Crippen LogP contribution < -0.4 is 14.8 Å². The van der Waals surface area contributed by atoms with Crippen molar-refractivity contribution in [1.29, 1.82) is 0 Å². The molecule has 25 heavy (non-hydrogen) atoms. The molecule has 0 aliphatic carbocycles. The first-order chi connectivity index (χ1) is 11.8. The fourth-order valence-corrected chi connectivity index (χ4v) is 4.38. The fraction of sp³-hybridized carbons (Fsp3) is 0.667. The van der Waals surface area contributed by atoms with E-state index in [2.05, 4.69) is 10.0 Å². The molecule has 1 heterocycles. The molecule has 1 saturated heterocycles. The van der Waals surface area contributed by atoms with E-state index in [1.54, 1.807) is 25.3 Å². The lowest BCUT2D eigenvalue weighted by molar-refractivity contribution is 0.0577. The zero-order chi connectivity index (χ0) is 18.5. The van der Waals surface area contributed by atoms with Crippen molar-refractivity contribution in [2.24, 2.45) is 5.41 Å². The van der Waals surface area contributed by atoms with E-state index in [1.165, 1.54) is 0 Å². The van der Waals surface area contributed by atoms with Gasteiger partial charge in [0.15, 0.2) is 0 Å². The molecule has 0 unspecified atom stereocenters. The van der Waals surface area contributed by atoms with E-state index in [-0.39, 0.29) is 16.4 Å². The van der Waals surface area contributed by atoms with Crippen LogP contribution in [0.2, 0.25) is 0 Å². The van der Waals surface area contributed by atoms with Gasteiger partial charge in [0.1, 0.15) is 5.75 Å². The molecule has 2 N–H and O–H groups in total. The van der Waals surface area contributed by atoms with Gasteiger partial charge in [-0.3, -0.25) is 0 Å². The lowest BCUT2D eigenvalue weighted by Gasteiger charge is -2.37. The number of ether oxygens (including phenoxy) is 2. The largest absolute Gasteiger partial charge is 0.491 e. The third-order valence-electron chi connectivity index (χ3n) is 4.57. The number of benzene rings is 1. The van der Waals surface area contributed by atoms with Crippen LogP contribution in [0.3, 0.4) is 0 Å². The van der Waals surface area contributed by atoms with Crippen LogP contribution in [-0.2, 0) is 14.8 Å². The van der Waals surface area contributed by atoms with E-state index in [1.807, 2.05) is 20.8 Å². The molecular weight excluding hydrogens is 340 g/mol. The standard InChI is InChI=1S/C18H30N2O4S/c1-14(2)24-17-6-5-16(11-15(17)3)25(21,22)20-12-18(13-23-4)7-9-19-10-8-18/h5-6,11,14,19-20H,7-10,12-13H2,1-4H3. The molecule has 7 heteroatoms. The summed E-state index contributed by atoms with van der Waals surface area (Å²) in [5, 5.41) is 3.31. The highest BCUT2D eigenvalue weighted by Crippen LogP contribution is 2.29. The van der Waals surface area contributed by atoms with E-state index in [0.717, 1.165) is 31.5 Å². The SMILES string of the molecule is COCC1(CNS(=O)(=O)c2ccc(OC(C)C)c(C)c2)CCNCC1. The van der Waals surface area contributed by atoms with Crippen molar-refractivity contribution in [3.8, 4) is 5.75 Å². The number of methoxy groups -OCH3 is 1. The van der Waals surface area contributed by atoms with Crippen LogP contribution in [-0.4, -0.2) is 47.9 Å². The molecular formula is C18H30N2O4S. The summed E-state index contributed by atoms with van der Waals surface area (Å²) in [5.74, 6) is 0.711. The average molecular weight is 371 g/mol. The summed E-state index contributed by atoms with van der Waals surface area (Å²) in [6.45, 7) is 8.44. The highest BCUT2D eigenvalue weighted by Gasteiger charge is 2.33. The van der Waals surface area contributed by atoms with Gasteiger partial charge in [-0.05, 0) is 70.5 Å². The number of piperidine rings is 1. The first-order valence-electron chi connectivity index (χ1n) is 8.75. The van der Waals surface area contributed by atoms with Gasteiger partial charge >= 0.3 is 0 Å². The van der Waals surface area contributed by atoms with Crippen molar-refractivity contribution in [3.63, 3.8) is 0 Å². The average Bonchev–Trinajstić information content (AvgIpc) is 2.56. The second-order valence-corrected chi connectivity index (χ2v) is 8.87. The number of hydrogen-bond acceptors (Lipinski definition) is 5. The van der Waals surface area contributed by atoms with Crippen LogP contribution in [0.4, 0.5) is 0 Å². The molecule has 0 amide bonds. The molecule has 0 saturated carbocycles. The van der Waals surface area contributed by atoms with E-state index in [0.29, 0.717) is 18.9 Å². The Hall–Kier alpha value is -1.15. The predicted octanol–water partition coefficient (Wildman–Crippen LogP) is 2.08. The molecule has 1 aliphatic rings. The zero-order valence-corrected chi connectivity index (χ0v) is 16.4. The van der Waals surface area contributed by atoms with Gasteiger partial charge in [0.2, 0.25) is 10.0 Å². The molecule has 1 aromatic carbocycles. The Kier molecular flexibility index (Phi) is 6.85. The van der Waals surface area contributed by atoms with Gasteiger partial charge in [-0.1, -0.05) is 0 Å². The van der Waals surface area contributed by atoms with Crippen molar-refractivity contribution in [1.82, 2.24) is 10.0 Å². The van der Waals surface area contributed by atoms with Crippen molar-refractivity contribution in [2.45, 2.75) is 44.6 Å². The lowest BCUT2D eigenvalue weighted by Crippen LogP contribution is -2.47. The van der Waals surface area contributed by atoms with Crippen LogP contribution in [0.15, 0.2) is 23.1 Å². The van der Waals surface area contributed by atoms with E-state index in [4.69, 9.17) is 9.47 Å². The number of hydrogen-bond donors (Lipinski definition) is 2. The summed E-state index contributed by atoms with van der Waals surface area (Å²) in [5.41, 5.74) is 0.660. The maximum absolute atomic E-state index is 12.7. The Morgan fingerprint density at radius 2 is 1.96 bits per heavy atom. The topological polar surface area (TPSA) is 76.7 Å². The number of aryl methyl sites for hydroxylation is 1. The summed E-state index contributed by atoms with van der Waals surface area (Å²) in [6, 6.07) is 4.98. The molecule has 1 fully saturated rings. The highest BCUT2D eigenvalue weighted by molar-refractivity contribution is 7.89. The Bertz CT molecular complexity index is 662. The normalized spacial score (nSPS) is 17.6. The Morgan fingerprint density at radius 3 is 2.52 bits per heavy atom. The van der Waals surface area contributed by atoms with Crippen LogP contribution >= 0.6 is 0 Å². The quantitative estimate of drug-likeness (QED) is 0.733. The highest BCUT2D eigenvalue weighted by atomic mass is 32.2. The first kappa shape index (κ1) is 20.2. The zero-order valence-electron chi connectivity index (χ0n) is 15.6. The van der Waals surface area contributed by atoms with Crippen LogP contribution in [0.25, 0.3) is 0 Å². The summed E-state index contributed by atoms with van der Waals surface area (Å²) >= 11 is 0. The molecule has 0 radical (unpaired) electrons. The van der Waals surface area contributed by atoms with Gasteiger partial charge in [-0.15, -0.1) is 0 Å². The third-order valence-corrected chi connectivity index (χ3v) is 5.97. The van der Waals surface area contributed by atoms with Gasteiger partial charge in [0.05, 0.1) is 17.6 Å². The van der Waals surface area contributed by atoms with Gasteiger partial charge in [0.25, 0.3) is 0 Å². The molecule has 0 spiro atoms. The second kappa shape index (κ2) is 8.49. The third kappa shape index (κ3) is 5.41. The fourth-order valence-electron chi connectivity index (χ4n) is 3.14. The summed E-state index contributed by atoms with van der Waals surface area (Å²) in [7, 11) is -1.90. The minimum absolute atomic E-state index is 0.0492. The molecule has 6 nitrogen and oxygen atoms in total. The Balaban J connectivity index is 2.11. The molecule has 142 valence electrons. The van der Waals surface area contributed by atoms with Crippen molar-refractivity contribution in [3.05, 3.63) is 23.8 Å². The molecule has 0 bridgehead atoms. The number of rotatable bonds is 8. The van der Waals surface area contributed by atoms with E-state index >= 15 is 0 Å².